The average molecular weight is 394 g/mol. The number of halogens is 1. The van der Waals surface area contributed by atoms with Crippen molar-refractivity contribution in [3.05, 3.63) is 65.1 Å². The third-order valence-electron chi connectivity index (χ3n) is 6.54. The number of aromatic nitrogens is 1. The second-order valence-electron chi connectivity index (χ2n) is 8.51. The number of benzene rings is 2. The van der Waals surface area contributed by atoms with E-state index in [1.165, 1.54) is 49.2 Å². The zero-order chi connectivity index (χ0) is 19.6. The van der Waals surface area contributed by atoms with E-state index in [2.05, 4.69) is 39.2 Å². The third-order valence-corrected chi connectivity index (χ3v) is 6.54. The first-order chi connectivity index (χ1) is 14.3. The van der Waals surface area contributed by atoms with Crippen molar-refractivity contribution in [1.29, 1.82) is 0 Å². The molecule has 0 aliphatic carbocycles. The van der Waals surface area contributed by atoms with Gasteiger partial charge in [0, 0.05) is 30.5 Å². The van der Waals surface area contributed by atoms with E-state index >= 15 is 0 Å². The smallest absolute Gasteiger partial charge is 0.170 e. The third kappa shape index (κ3) is 4.07. The summed E-state index contributed by atoms with van der Waals surface area (Å²) in [5, 5.41) is 5.23. The van der Waals surface area contributed by atoms with Crippen LogP contribution in [0.2, 0.25) is 0 Å². The van der Waals surface area contributed by atoms with Gasteiger partial charge in [-0.1, -0.05) is 29.4 Å². The van der Waals surface area contributed by atoms with Crippen molar-refractivity contribution in [2.24, 2.45) is 0 Å². The summed E-state index contributed by atoms with van der Waals surface area (Å²) in [6.45, 7) is 6.80. The van der Waals surface area contributed by atoms with Gasteiger partial charge in [-0.05, 0) is 75.1 Å². The summed E-state index contributed by atoms with van der Waals surface area (Å²) < 4.78 is 18.7. The monoisotopic (exact) mass is 393 g/mol. The van der Waals surface area contributed by atoms with Crippen LogP contribution in [0, 0.1) is 5.82 Å². The number of hydrogen-bond donors (Lipinski definition) is 0. The van der Waals surface area contributed by atoms with Crippen molar-refractivity contribution in [2.75, 3.05) is 26.2 Å². The van der Waals surface area contributed by atoms with Crippen LogP contribution >= 0.6 is 0 Å². The molecule has 1 saturated heterocycles. The van der Waals surface area contributed by atoms with E-state index in [1.807, 2.05) is 0 Å². The Labute approximate surface area is 171 Å². The van der Waals surface area contributed by atoms with Crippen molar-refractivity contribution in [2.45, 2.75) is 44.7 Å². The van der Waals surface area contributed by atoms with Gasteiger partial charge in [-0.2, -0.15) is 0 Å². The normalized spacial score (nSPS) is 18.5. The average Bonchev–Trinajstić information content (AvgIpc) is 3.35. The fraction of sp³-hybridized carbons (Fsp3) is 0.458. The number of nitrogens with zero attached hydrogens (tertiary/aromatic N) is 3. The van der Waals surface area contributed by atoms with Crippen LogP contribution in [0.25, 0.3) is 11.0 Å². The Balaban J connectivity index is 1.05. The summed E-state index contributed by atoms with van der Waals surface area (Å²) >= 11 is 0. The molecule has 0 spiro atoms. The molecule has 3 aromatic rings. The summed E-state index contributed by atoms with van der Waals surface area (Å²) in [4.78, 5) is 5.15. The molecule has 29 heavy (non-hydrogen) atoms. The maximum Gasteiger partial charge on any atom is 0.170 e. The topological polar surface area (TPSA) is 32.5 Å². The first kappa shape index (κ1) is 18.8. The second kappa shape index (κ2) is 8.25. The molecule has 1 aromatic heterocycles. The largest absolute Gasteiger partial charge is 0.356 e. The zero-order valence-corrected chi connectivity index (χ0v) is 16.8. The summed E-state index contributed by atoms with van der Waals surface area (Å²) in [5.74, 6) is 0.147. The number of piperidine rings is 1. The minimum Gasteiger partial charge on any atom is -0.356 e. The molecule has 4 nitrogen and oxygen atoms in total. The minimum atomic E-state index is -0.271. The highest BCUT2D eigenvalue weighted by atomic mass is 19.1. The number of fused-ring (bicyclic) bond motifs is 2. The van der Waals surface area contributed by atoms with Crippen molar-refractivity contribution >= 4 is 11.0 Å². The fourth-order valence-corrected chi connectivity index (χ4v) is 4.89. The van der Waals surface area contributed by atoms with Crippen LogP contribution < -0.4 is 0 Å². The molecule has 2 aliphatic rings. The standard InChI is InChI=1S/C24H28FN3O/c25-21-7-8-22-23(15-21)29-26-24(22)18-9-13-27(14-10-18)11-3-4-12-28-16-19-5-1-2-6-20(19)17-28/h1-2,5-8,15,18H,3-4,9-14,16-17H2. The van der Waals surface area contributed by atoms with E-state index in [9.17, 15) is 4.39 Å². The summed E-state index contributed by atoms with van der Waals surface area (Å²) in [5.41, 5.74) is 4.56. The molecule has 0 saturated carbocycles. The van der Waals surface area contributed by atoms with Gasteiger partial charge < -0.3 is 9.42 Å². The molecule has 0 N–H and O–H groups in total. The van der Waals surface area contributed by atoms with Crippen LogP contribution in [0.3, 0.4) is 0 Å². The van der Waals surface area contributed by atoms with Crippen LogP contribution in [0.4, 0.5) is 4.39 Å². The molecule has 2 aliphatic heterocycles. The molecule has 5 rings (SSSR count). The fourth-order valence-electron chi connectivity index (χ4n) is 4.89. The lowest BCUT2D eigenvalue weighted by molar-refractivity contribution is 0.199. The Bertz CT molecular complexity index is 952. The highest BCUT2D eigenvalue weighted by Gasteiger charge is 2.25. The first-order valence-electron chi connectivity index (χ1n) is 10.8. The van der Waals surface area contributed by atoms with E-state index in [1.54, 1.807) is 6.07 Å². The second-order valence-corrected chi connectivity index (χ2v) is 8.51. The Kier molecular flexibility index (Phi) is 5.34. The van der Waals surface area contributed by atoms with Gasteiger partial charge in [-0.15, -0.1) is 0 Å². The van der Waals surface area contributed by atoms with E-state index in [4.69, 9.17) is 4.52 Å². The highest BCUT2D eigenvalue weighted by molar-refractivity contribution is 5.79. The molecule has 5 heteroatoms. The van der Waals surface area contributed by atoms with Crippen LogP contribution in [0.15, 0.2) is 47.0 Å². The van der Waals surface area contributed by atoms with Gasteiger partial charge in [0.1, 0.15) is 5.82 Å². The lowest BCUT2D eigenvalue weighted by Gasteiger charge is -2.31. The summed E-state index contributed by atoms with van der Waals surface area (Å²) in [6, 6.07) is 13.5. The minimum absolute atomic E-state index is 0.271. The van der Waals surface area contributed by atoms with Crippen molar-refractivity contribution in [3.8, 4) is 0 Å². The molecule has 0 unspecified atom stereocenters. The quantitative estimate of drug-likeness (QED) is 0.555. The molecule has 2 aromatic carbocycles. The lowest BCUT2D eigenvalue weighted by atomic mass is 9.91. The number of hydrogen-bond acceptors (Lipinski definition) is 4. The molecule has 0 radical (unpaired) electrons. The van der Waals surface area contributed by atoms with Crippen molar-refractivity contribution in [3.63, 3.8) is 0 Å². The maximum absolute atomic E-state index is 13.4. The Hall–Kier alpha value is -2.24. The molecule has 0 atom stereocenters. The molecular formula is C24H28FN3O. The van der Waals surface area contributed by atoms with Crippen LogP contribution in [-0.4, -0.2) is 41.1 Å². The summed E-state index contributed by atoms with van der Waals surface area (Å²) in [6.07, 6.45) is 4.71. The van der Waals surface area contributed by atoms with E-state index in [0.29, 0.717) is 11.5 Å². The molecule has 3 heterocycles. The molecule has 152 valence electrons. The zero-order valence-electron chi connectivity index (χ0n) is 16.8. The van der Waals surface area contributed by atoms with E-state index in [-0.39, 0.29) is 5.82 Å². The number of likely N-dealkylation sites (tertiary alicyclic amines) is 1. The Morgan fingerprint density at radius 2 is 1.62 bits per heavy atom. The Morgan fingerprint density at radius 1 is 0.931 bits per heavy atom. The van der Waals surface area contributed by atoms with Gasteiger partial charge in [0.05, 0.1) is 5.69 Å². The predicted molar refractivity (Wildman–Crippen MR) is 112 cm³/mol. The molecular weight excluding hydrogens is 365 g/mol. The van der Waals surface area contributed by atoms with Crippen LogP contribution in [-0.2, 0) is 13.1 Å². The van der Waals surface area contributed by atoms with Gasteiger partial charge in [0.15, 0.2) is 5.58 Å². The molecule has 0 amide bonds. The van der Waals surface area contributed by atoms with Crippen molar-refractivity contribution in [1.82, 2.24) is 15.0 Å². The van der Waals surface area contributed by atoms with Crippen LogP contribution in [0.5, 0.6) is 0 Å². The summed E-state index contributed by atoms with van der Waals surface area (Å²) in [7, 11) is 0. The van der Waals surface area contributed by atoms with Crippen LogP contribution in [0.1, 0.15) is 48.4 Å². The lowest BCUT2D eigenvalue weighted by Crippen LogP contribution is -2.34. The first-order valence-corrected chi connectivity index (χ1v) is 10.8. The molecule has 0 bridgehead atoms. The van der Waals surface area contributed by atoms with Gasteiger partial charge in [0.2, 0.25) is 0 Å². The van der Waals surface area contributed by atoms with Gasteiger partial charge >= 0.3 is 0 Å². The highest BCUT2D eigenvalue weighted by Crippen LogP contribution is 2.32. The van der Waals surface area contributed by atoms with Crippen molar-refractivity contribution < 1.29 is 8.91 Å². The van der Waals surface area contributed by atoms with E-state index in [0.717, 1.165) is 50.1 Å². The maximum atomic E-state index is 13.4. The van der Waals surface area contributed by atoms with E-state index < -0.39 is 0 Å². The van der Waals surface area contributed by atoms with Gasteiger partial charge in [-0.25, -0.2) is 4.39 Å². The van der Waals surface area contributed by atoms with Gasteiger partial charge in [-0.3, -0.25) is 4.90 Å². The SMILES string of the molecule is Fc1ccc2c(C3CCN(CCCCN4Cc5ccccc5C4)CC3)noc2c1. The Morgan fingerprint density at radius 3 is 2.34 bits per heavy atom. The van der Waals surface area contributed by atoms with Gasteiger partial charge in [0.25, 0.3) is 0 Å². The molecule has 1 fully saturated rings. The number of rotatable bonds is 6. The number of unbranched alkanes of at least 4 members (excludes halogenated alkanes) is 1. The predicted octanol–water partition coefficient (Wildman–Crippen LogP) is 4.94.